The van der Waals surface area contributed by atoms with E-state index in [2.05, 4.69) is 15.4 Å². The van der Waals surface area contributed by atoms with Gasteiger partial charge in [0.1, 0.15) is 6.04 Å². The minimum atomic E-state index is -1.15. The van der Waals surface area contributed by atoms with E-state index < -0.39 is 18.0 Å². The smallest absolute Gasteiger partial charge is 0.326 e. The van der Waals surface area contributed by atoms with Crippen LogP contribution in [0.25, 0.3) is 0 Å². The molecule has 1 amide bonds. The van der Waals surface area contributed by atoms with E-state index in [9.17, 15) is 14.4 Å². The number of carbonyl (C=O) groups excluding carboxylic acids is 2. The molecule has 0 bridgehead atoms. The molecule has 0 aromatic heterocycles. The van der Waals surface area contributed by atoms with Crippen LogP contribution in [0.2, 0.25) is 0 Å². The van der Waals surface area contributed by atoms with Crippen LogP contribution >= 0.6 is 0 Å². The Morgan fingerprint density at radius 1 is 1.30 bits per heavy atom. The lowest BCUT2D eigenvalue weighted by Gasteiger charge is -2.16. The van der Waals surface area contributed by atoms with E-state index in [0.717, 1.165) is 25.7 Å². The number of carboxylic acids is 1. The molecule has 1 fully saturated rings. The van der Waals surface area contributed by atoms with Crippen LogP contribution in [0.5, 0.6) is 0 Å². The summed E-state index contributed by atoms with van der Waals surface area (Å²) in [6.45, 7) is 0.104. The van der Waals surface area contributed by atoms with Crippen LogP contribution in [-0.2, 0) is 19.1 Å². The van der Waals surface area contributed by atoms with Gasteiger partial charge in [0.15, 0.2) is 0 Å². The Morgan fingerprint density at radius 2 is 1.95 bits per heavy atom. The molecule has 0 aromatic carbocycles. The summed E-state index contributed by atoms with van der Waals surface area (Å²) in [7, 11) is 1.24. The highest BCUT2D eigenvalue weighted by molar-refractivity contribution is 5.85. The van der Waals surface area contributed by atoms with Gasteiger partial charge in [-0.1, -0.05) is 12.8 Å². The zero-order valence-corrected chi connectivity index (χ0v) is 11.7. The Balaban J connectivity index is 2.30. The van der Waals surface area contributed by atoms with Gasteiger partial charge in [-0.3, -0.25) is 9.59 Å². The topological polar surface area (TPSA) is 105 Å². The summed E-state index contributed by atoms with van der Waals surface area (Å²) in [6.07, 6.45) is 4.42. The van der Waals surface area contributed by atoms with Crippen molar-refractivity contribution in [3.05, 3.63) is 0 Å². The molecule has 20 heavy (non-hydrogen) atoms. The molecule has 7 heteroatoms. The third kappa shape index (κ3) is 6.01. The van der Waals surface area contributed by atoms with Crippen LogP contribution in [0.3, 0.4) is 0 Å². The first-order chi connectivity index (χ1) is 9.52. The Bertz CT molecular complexity index is 353. The third-order valence-electron chi connectivity index (χ3n) is 3.40. The summed E-state index contributed by atoms with van der Waals surface area (Å²) in [5, 5.41) is 14.5. The number of esters is 1. The maximum absolute atomic E-state index is 11.7. The SMILES string of the molecule is COC(=O)CCC(NC(=O)CNC1CCCC1)C(=O)O. The third-order valence-corrected chi connectivity index (χ3v) is 3.40. The van der Waals surface area contributed by atoms with Gasteiger partial charge in [0.05, 0.1) is 13.7 Å². The van der Waals surface area contributed by atoms with E-state index in [0.29, 0.717) is 6.04 Å². The molecular formula is C13H22N2O5. The van der Waals surface area contributed by atoms with E-state index in [4.69, 9.17) is 5.11 Å². The second-order valence-electron chi connectivity index (χ2n) is 4.94. The first-order valence-electron chi connectivity index (χ1n) is 6.85. The van der Waals surface area contributed by atoms with Gasteiger partial charge in [0.25, 0.3) is 0 Å². The number of hydrogen-bond donors (Lipinski definition) is 3. The Morgan fingerprint density at radius 3 is 2.50 bits per heavy atom. The van der Waals surface area contributed by atoms with E-state index in [1.807, 2.05) is 0 Å². The van der Waals surface area contributed by atoms with Crippen LogP contribution in [0.15, 0.2) is 0 Å². The fourth-order valence-corrected chi connectivity index (χ4v) is 2.23. The van der Waals surface area contributed by atoms with E-state index in [1.165, 1.54) is 7.11 Å². The van der Waals surface area contributed by atoms with E-state index in [1.54, 1.807) is 0 Å². The summed E-state index contributed by atoms with van der Waals surface area (Å²) in [5.74, 6) is -2.01. The highest BCUT2D eigenvalue weighted by atomic mass is 16.5. The molecule has 1 aliphatic carbocycles. The minimum absolute atomic E-state index is 0.0250. The summed E-state index contributed by atoms with van der Waals surface area (Å²) < 4.78 is 4.44. The van der Waals surface area contributed by atoms with Crippen molar-refractivity contribution in [3.63, 3.8) is 0 Å². The monoisotopic (exact) mass is 286 g/mol. The van der Waals surface area contributed by atoms with Gasteiger partial charge in [-0.2, -0.15) is 0 Å². The molecule has 114 valence electrons. The Kier molecular flexibility index (Phi) is 7.00. The zero-order chi connectivity index (χ0) is 15.0. The Hall–Kier alpha value is -1.63. The van der Waals surface area contributed by atoms with Gasteiger partial charge < -0.3 is 20.5 Å². The predicted molar refractivity (Wildman–Crippen MR) is 71.1 cm³/mol. The normalized spacial score (nSPS) is 16.6. The molecule has 1 aliphatic rings. The number of carboxylic acid groups (broad SMARTS) is 1. The lowest BCUT2D eigenvalue weighted by atomic mass is 10.1. The number of methoxy groups -OCH3 is 1. The highest BCUT2D eigenvalue weighted by Gasteiger charge is 2.22. The number of amides is 1. The quantitative estimate of drug-likeness (QED) is 0.544. The average molecular weight is 286 g/mol. The second kappa shape index (κ2) is 8.52. The molecule has 0 heterocycles. The zero-order valence-electron chi connectivity index (χ0n) is 11.7. The van der Waals surface area contributed by atoms with Crippen molar-refractivity contribution in [1.29, 1.82) is 0 Å². The molecule has 1 unspecified atom stereocenters. The van der Waals surface area contributed by atoms with E-state index >= 15 is 0 Å². The van der Waals surface area contributed by atoms with Gasteiger partial charge in [0, 0.05) is 12.5 Å². The van der Waals surface area contributed by atoms with Crippen LogP contribution in [0.1, 0.15) is 38.5 Å². The summed E-state index contributed by atoms with van der Waals surface area (Å²) in [5.41, 5.74) is 0. The average Bonchev–Trinajstić information content (AvgIpc) is 2.93. The number of nitrogens with one attached hydrogen (secondary N) is 2. The van der Waals surface area contributed by atoms with Gasteiger partial charge >= 0.3 is 11.9 Å². The molecule has 3 N–H and O–H groups in total. The van der Waals surface area contributed by atoms with Crippen molar-refractivity contribution in [1.82, 2.24) is 10.6 Å². The number of carbonyl (C=O) groups is 3. The molecule has 0 radical (unpaired) electrons. The standard InChI is InChI=1S/C13H22N2O5/c1-20-12(17)7-6-10(13(18)19)15-11(16)8-14-9-4-2-3-5-9/h9-10,14H,2-8H2,1H3,(H,15,16)(H,18,19). The second-order valence-corrected chi connectivity index (χ2v) is 4.94. The van der Waals surface area contributed by atoms with Crippen molar-refractivity contribution in [2.24, 2.45) is 0 Å². The van der Waals surface area contributed by atoms with Crippen LogP contribution in [0, 0.1) is 0 Å². The lowest BCUT2D eigenvalue weighted by Crippen LogP contribution is -2.46. The van der Waals surface area contributed by atoms with Gasteiger partial charge in [-0.05, 0) is 19.3 Å². The molecule has 0 aromatic rings. The predicted octanol–water partition coefficient (Wildman–Crippen LogP) is 0.0412. The maximum Gasteiger partial charge on any atom is 0.326 e. The van der Waals surface area contributed by atoms with Crippen molar-refractivity contribution in [3.8, 4) is 0 Å². The van der Waals surface area contributed by atoms with Crippen molar-refractivity contribution in [2.45, 2.75) is 50.6 Å². The van der Waals surface area contributed by atoms with Crippen LogP contribution in [0.4, 0.5) is 0 Å². The van der Waals surface area contributed by atoms with Crippen LogP contribution in [-0.4, -0.2) is 48.7 Å². The fraction of sp³-hybridized carbons (Fsp3) is 0.769. The molecule has 0 aliphatic heterocycles. The molecular weight excluding hydrogens is 264 g/mol. The number of hydrogen-bond acceptors (Lipinski definition) is 5. The lowest BCUT2D eigenvalue weighted by molar-refractivity contribution is -0.144. The minimum Gasteiger partial charge on any atom is -0.480 e. The number of ether oxygens (including phenoxy) is 1. The van der Waals surface area contributed by atoms with Gasteiger partial charge in [0.2, 0.25) is 5.91 Å². The first-order valence-corrected chi connectivity index (χ1v) is 6.85. The first kappa shape index (κ1) is 16.4. The molecule has 7 nitrogen and oxygen atoms in total. The number of rotatable bonds is 8. The fourth-order valence-electron chi connectivity index (χ4n) is 2.23. The van der Waals surface area contributed by atoms with Crippen molar-refractivity contribution >= 4 is 17.8 Å². The summed E-state index contributed by atoms with van der Waals surface area (Å²) in [4.78, 5) is 33.7. The van der Waals surface area contributed by atoms with Crippen molar-refractivity contribution < 1.29 is 24.2 Å². The van der Waals surface area contributed by atoms with Gasteiger partial charge in [-0.25, -0.2) is 4.79 Å². The molecule has 0 saturated heterocycles. The summed E-state index contributed by atoms with van der Waals surface area (Å²) >= 11 is 0. The molecule has 1 rings (SSSR count). The molecule has 1 atom stereocenters. The largest absolute Gasteiger partial charge is 0.480 e. The molecule has 1 saturated carbocycles. The number of aliphatic carboxylic acids is 1. The van der Waals surface area contributed by atoms with E-state index in [-0.39, 0.29) is 25.3 Å². The van der Waals surface area contributed by atoms with Gasteiger partial charge in [-0.15, -0.1) is 0 Å². The van der Waals surface area contributed by atoms with Crippen molar-refractivity contribution in [2.75, 3.05) is 13.7 Å². The highest BCUT2D eigenvalue weighted by Crippen LogP contribution is 2.17. The van der Waals surface area contributed by atoms with Crippen LogP contribution < -0.4 is 10.6 Å². The Labute approximate surface area is 118 Å². The summed E-state index contributed by atoms with van der Waals surface area (Å²) in [6, 6.07) is -0.717. The maximum atomic E-state index is 11.7. The molecule has 0 spiro atoms.